The van der Waals surface area contributed by atoms with Crippen LogP contribution in [0.2, 0.25) is 0 Å². The lowest BCUT2D eigenvalue weighted by molar-refractivity contribution is 0.103. The fourth-order valence-electron chi connectivity index (χ4n) is 2.99. The maximum Gasteiger partial charge on any atom is 0.265 e. The summed E-state index contributed by atoms with van der Waals surface area (Å²) in [5.41, 5.74) is 4.47. The third-order valence-corrected chi connectivity index (χ3v) is 4.94. The smallest absolute Gasteiger partial charge is 0.265 e. The number of carbonyl (C=O) groups excluding carboxylic acids is 1. The first-order valence-corrected chi connectivity index (χ1v) is 8.50. The Morgan fingerprint density at radius 3 is 2.57 bits per heavy atom. The zero-order chi connectivity index (χ0) is 15.6. The van der Waals surface area contributed by atoms with Crippen molar-refractivity contribution in [3.8, 4) is 0 Å². The summed E-state index contributed by atoms with van der Waals surface area (Å²) in [6.45, 7) is 0.936. The second-order valence-corrected chi connectivity index (χ2v) is 6.43. The van der Waals surface area contributed by atoms with Crippen LogP contribution in [0.25, 0.3) is 0 Å². The number of anilines is 3. The van der Waals surface area contributed by atoms with E-state index in [1.807, 2.05) is 35.7 Å². The second-order valence-electron chi connectivity index (χ2n) is 5.48. The number of nitrogens with one attached hydrogen (secondary N) is 1. The van der Waals surface area contributed by atoms with Gasteiger partial charge in [0.25, 0.3) is 5.91 Å². The van der Waals surface area contributed by atoms with Gasteiger partial charge in [0, 0.05) is 12.2 Å². The van der Waals surface area contributed by atoms with Gasteiger partial charge in [0.05, 0.1) is 16.3 Å². The lowest BCUT2D eigenvalue weighted by atomic mass is 10.1. The Labute approximate surface area is 139 Å². The number of rotatable bonds is 3. The average molecular weight is 320 g/mol. The van der Waals surface area contributed by atoms with Crippen molar-refractivity contribution in [1.82, 2.24) is 0 Å². The predicted octanol–water partition coefficient (Wildman–Crippen LogP) is 4.69. The molecule has 0 bridgehead atoms. The summed E-state index contributed by atoms with van der Waals surface area (Å²) in [6, 6.07) is 20.2. The van der Waals surface area contributed by atoms with Gasteiger partial charge in [-0.2, -0.15) is 0 Å². The number of thiophene rings is 1. The molecule has 1 aliphatic rings. The molecule has 1 amide bonds. The van der Waals surface area contributed by atoms with Crippen LogP contribution < -0.4 is 10.2 Å². The molecule has 0 saturated heterocycles. The summed E-state index contributed by atoms with van der Waals surface area (Å²) < 4.78 is 0. The molecular weight excluding hydrogens is 304 g/mol. The maximum absolute atomic E-state index is 12.4. The highest BCUT2D eigenvalue weighted by Gasteiger charge is 2.22. The van der Waals surface area contributed by atoms with Crippen LogP contribution in [0, 0.1) is 0 Å². The number of fused-ring (bicyclic) bond motifs is 1. The lowest BCUT2D eigenvalue weighted by Crippen LogP contribution is -2.18. The fourth-order valence-corrected chi connectivity index (χ4v) is 3.61. The first-order chi connectivity index (χ1) is 11.3. The van der Waals surface area contributed by atoms with Crippen molar-refractivity contribution in [2.45, 2.75) is 6.42 Å². The SMILES string of the molecule is O=C(Nc1ccccc1N1CCc2ccccc21)c1cccs1. The Balaban J connectivity index is 1.67. The Bertz CT molecular complexity index is 842. The van der Waals surface area contributed by atoms with Crippen LogP contribution in [-0.4, -0.2) is 12.5 Å². The van der Waals surface area contributed by atoms with E-state index >= 15 is 0 Å². The Hall–Kier alpha value is -2.59. The molecule has 114 valence electrons. The molecule has 3 nitrogen and oxygen atoms in total. The molecule has 2 aromatic carbocycles. The highest BCUT2D eigenvalue weighted by molar-refractivity contribution is 7.12. The van der Waals surface area contributed by atoms with Crippen molar-refractivity contribution in [3.63, 3.8) is 0 Å². The molecule has 0 unspecified atom stereocenters. The van der Waals surface area contributed by atoms with Crippen LogP contribution in [0.5, 0.6) is 0 Å². The number of hydrogen-bond acceptors (Lipinski definition) is 3. The lowest BCUT2D eigenvalue weighted by Gasteiger charge is -2.22. The molecule has 0 fully saturated rings. The van der Waals surface area contributed by atoms with E-state index in [2.05, 4.69) is 40.5 Å². The van der Waals surface area contributed by atoms with Crippen LogP contribution in [-0.2, 0) is 6.42 Å². The first-order valence-electron chi connectivity index (χ1n) is 7.62. The molecule has 0 radical (unpaired) electrons. The highest BCUT2D eigenvalue weighted by atomic mass is 32.1. The zero-order valence-electron chi connectivity index (χ0n) is 12.5. The summed E-state index contributed by atoms with van der Waals surface area (Å²) in [4.78, 5) is 15.4. The van der Waals surface area contributed by atoms with Crippen molar-refractivity contribution in [1.29, 1.82) is 0 Å². The van der Waals surface area contributed by atoms with E-state index in [1.165, 1.54) is 22.6 Å². The van der Waals surface area contributed by atoms with Gasteiger partial charge in [0.15, 0.2) is 0 Å². The number of hydrogen-bond donors (Lipinski definition) is 1. The van der Waals surface area contributed by atoms with Crippen LogP contribution in [0.4, 0.5) is 17.1 Å². The number of benzene rings is 2. The van der Waals surface area contributed by atoms with Gasteiger partial charge in [-0.25, -0.2) is 0 Å². The Kier molecular flexibility index (Phi) is 3.60. The van der Waals surface area contributed by atoms with Gasteiger partial charge in [-0.1, -0.05) is 36.4 Å². The van der Waals surface area contributed by atoms with E-state index in [-0.39, 0.29) is 5.91 Å². The summed E-state index contributed by atoms with van der Waals surface area (Å²) >= 11 is 1.45. The van der Waals surface area contributed by atoms with Crippen LogP contribution in [0.1, 0.15) is 15.2 Å². The molecule has 23 heavy (non-hydrogen) atoms. The Morgan fingerprint density at radius 2 is 1.74 bits per heavy atom. The van der Waals surface area contributed by atoms with Crippen molar-refractivity contribution in [2.75, 3.05) is 16.8 Å². The van der Waals surface area contributed by atoms with E-state index in [1.54, 1.807) is 0 Å². The molecular formula is C19H16N2OS. The third kappa shape index (κ3) is 2.62. The molecule has 0 atom stereocenters. The second kappa shape index (κ2) is 5.89. The molecule has 1 aromatic heterocycles. The van der Waals surface area contributed by atoms with E-state index in [4.69, 9.17) is 0 Å². The molecule has 4 rings (SSSR count). The summed E-state index contributed by atoms with van der Waals surface area (Å²) in [5.74, 6) is -0.0556. The van der Waals surface area contributed by atoms with Gasteiger partial charge in [0.2, 0.25) is 0 Å². The van der Waals surface area contributed by atoms with Crippen LogP contribution >= 0.6 is 11.3 Å². The van der Waals surface area contributed by atoms with Gasteiger partial charge < -0.3 is 10.2 Å². The standard InChI is InChI=1S/C19H16N2OS/c22-19(18-10-5-13-23-18)20-15-7-2-4-9-17(15)21-12-11-14-6-1-3-8-16(14)21/h1-10,13H,11-12H2,(H,20,22). The van der Waals surface area contributed by atoms with E-state index in [9.17, 15) is 4.79 Å². The van der Waals surface area contributed by atoms with Crippen molar-refractivity contribution in [3.05, 3.63) is 76.5 Å². The monoisotopic (exact) mass is 320 g/mol. The zero-order valence-corrected chi connectivity index (χ0v) is 13.3. The molecule has 0 saturated carbocycles. The normalized spacial score (nSPS) is 13.0. The molecule has 0 aliphatic carbocycles. The minimum atomic E-state index is -0.0556. The van der Waals surface area contributed by atoms with Crippen molar-refractivity contribution in [2.24, 2.45) is 0 Å². The van der Waals surface area contributed by atoms with E-state index in [0.717, 1.165) is 29.2 Å². The molecule has 1 N–H and O–H groups in total. The number of para-hydroxylation sites is 3. The number of amides is 1. The quantitative estimate of drug-likeness (QED) is 0.759. The van der Waals surface area contributed by atoms with E-state index < -0.39 is 0 Å². The van der Waals surface area contributed by atoms with Crippen molar-refractivity contribution >= 4 is 34.3 Å². The largest absolute Gasteiger partial charge is 0.339 e. The van der Waals surface area contributed by atoms with Gasteiger partial charge in [0.1, 0.15) is 0 Å². The molecule has 0 spiro atoms. The molecule has 1 aliphatic heterocycles. The Morgan fingerprint density at radius 1 is 0.957 bits per heavy atom. The first kappa shape index (κ1) is 14.0. The fraction of sp³-hybridized carbons (Fsp3) is 0.105. The van der Waals surface area contributed by atoms with Gasteiger partial charge >= 0.3 is 0 Å². The van der Waals surface area contributed by atoms with Gasteiger partial charge in [-0.3, -0.25) is 4.79 Å². The maximum atomic E-state index is 12.4. The summed E-state index contributed by atoms with van der Waals surface area (Å²) in [6.07, 6.45) is 1.03. The molecule has 3 aromatic rings. The average Bonchev–Trinajstić information content (AvgIpc) is 3.25. The molecule has 2 heterocycles. The van der Waals surface area contributed by atoms with Gasteiger partial charge in [-0.15, -0.1) is 11.3 Å². The van der Waals surface area contributed by atoms with Gasteiger partial charge in [-0.05, 0) is 41.6 Å². The topological polar surface area (TPSA) is 32.3 Å². The number of nitrogens with zero attached hydrogens (tertiary/aromatic N) is 1. The number of carbonyl (C=O) groups is 1. The van der Waals surface area contributed by atoms with Crippen LogP contribution in [0.15, 0.2) is 66.0 Å². The van der Waals surface area contributed by atoms with Crippen LogP contribution in [0.3, 0.4) is 0 Å². The molecule has 4 heteroatoms. The highest BCUT2D eigenvalue weighted by Crippen LogP contribution is 2.38. The minimum Gasteiger partial charge on any atom is -0.339 e. The van der Waals surface area contributed by atoms with E-state index in [0.29, 0.717) is 0 Å². The van der Waals surface area contributed by atoms with Crippen molar-refractivity contribution < 1.29 is 4.79 Å². The summed E-state index contributed by atoms with van der Waals surface area (Å²) in [5, 5.41) is 4.96. The summed E-state index contributed by atoms with van der Waals surface area (Å²) in [7, 11) is 0. The predicted molar refractivity (Wildman–Crippen MR) is 95.9 cm³/mol. The third-order valence-electron chi connectivity index (χ3n) is 4.08. The minimum absolute atomic E-state index is 0.0556.